The van der Waals surface area contributed by atoms with Crippen molar-refractivity contribution in [3.05, 3.63) is 29.8 Å². The van der Waals surface area contributed by atoms with Gasteiger partial charge in [-0.2, -0.15) is 0 Å². The number of nitrogens with zero attached hydrogens (tertiary/aromatic N) is 1. The number of ether oxygens (including phenoxy) is 1. The Bertz CT molecular complexity index is 387. The lowest BCUT2D eigenvalue weighted by Gasteiger charge is -2.29. The predicted octanol–water partition coefficient (Wildman–Crippen LogP) is 3.71. The van der Waals surface area contributed by atoms with Crippen molar-refractivity contribution in [1.29, 1.82) is 0 Å². The van der Waals surface area contributed by atoms with Gasteiger partial charge < -0.3 is 15.0 Å². The van der Waals surface area contributed by atoms with E-state index in [2.05, 4.69) is 76.3 Å². The molecule has 21 heavy (non-hydrogen) atoms. The molecule has 0 radical (unpaired) electrons. The molecule has 1 rings (SSSR count). The summed E-state index contributed by atoms with van der Waals surface area (Å²) in [7, 11) is 4.25. The zero-order valence-electron chi connectivity index (χ0n) is 14.5. The third kappa shape index (κ3) is 6.49. The van der Waals surface area contributed by atoms with Crippen LogP contribution in [-0.2, 0) is 0 Å². The molecule has 0 spiro atoms. The van der Waals surface area contributed by atoms with Crippen LogP contribution < -0.4 is 10.1 Å². The van der Waals surface area contributed by atoms with E-state index < -0.39 is 0 Å². The smallest absolute Gasteiger partial charge is 0.119 e. The minimum atomic E-state index is 0.345. The van der Waals surface area contributed by atoms with Crippen LogP contribution in [0.3, 0.4) is 0 Å². The number of hydrogen-bond donors (Lipinski definition) is 1. The maximum absolute atomic E-state index is 5.63. The molecular formula is C18H32N2O. The first-order valence-electron chi connectivity index (χ1n) is 8.07. The van der Waals surface area contributed by atoms with Crippen LogP contribution in [0.15, 0.2) is 24.3 Å². The van der Waals surface area contributed by atoms with Crippen molar-refractivity contribution in [2.75, 3.05) is 27.2 Å². The van der Waals surface area contributed by atoms with Gasteiger partial charge in [0.25, 0.3) is 0 Å². The maximum atomic E-state index is 5.63. The zero-order chi connectivity index (χ0) is 15.8. The first-order valence-corrected chi connectivity index (χ1v) is 8.07. The highest BCUT2D eigenvalue weighted by Crippen LogP contribution is 2.19. The first-order chi connectivity index (χ1) is 9.93. The van der Waals surface area contributed by atoms with Gasteiger partial charge in [0, 0.05) is 18.6 Å². The summed E-state index contributed by atoms with van der Waals surface area (Å²) < 4.78 is 5.63. The highest BCUT2D eigenvalue weighted by Gasteiger charge is 2.17. The lowest BCUT2D eigenvalue weighted by Crippen LogP contribution is -2.43. The third-order valence-electron chi connectivity index (χ3n) is 3.68. The molecule has 0 bridgehead atoms. The van der Waals surface area contributed by atoms with Crippen LogP contribution in [0, 0.1) is 5.92 Å². The van der Waals surface area contributed by atoms with Crippen molar-refractivity contribution in [2.24, 2.45) is 5.92 Å². The molecule has 1 aromatic rings. The first kappa shape index (κ1) is 18.0. The van der Waals surface area contributed by atoms with Gasteiger partial charge in [-0.05, 0) is 51.1 Å². The van der Waals surface area contributed by atoms with E-state index in [1.54, 1.807) is 0 Å². The van der Waals surface area contributed by atoms with Gasteiger partial charge in [-0.25, -0.2) is 0 Å². The molecule has 0 saturated carbocycles. The Balaban J connectivity index is 2.62. The molecule has 0 aromatic heterocycles. The minimum Gasteiger partial charge on any atom is -0.494 e. The van der Waals surface area contributed by atoms with E-state index in [1.165, 1.54) is 5.56 Å². The third-order valence-corrected chi connectivity index (χ3v) is 3.68. The fraction of sp³-hybridized carbons (Fsp3) is 0.667. The highest BCUT2D eigenvalue weighted by atomic mass is 16.5. The summed E-state index contributed by atoms with van der Waals surface area (Å²) in [6.07, 6.45) is 1.04. The van der Waals surface area contributed by atoms with Gasteiger partial charge in [0.05, 0.1) is 6.61 Å². The van der Waals surface area contributed by atoms with Gasteiger partial charge in [0.15, 0.2) is 0 Å². The van der Waals surface area contributed by atoms with Gasteiger partial charge in [-0.1, -0.05) is 32.9 Å². The summed E-state index contributed by atoms with van der Waals surface area (Å²) in [4.78, 5) is 2.24. The van der Waals surface area contributed by atoms with Gasteiger partial charge in [-0.3, -0.25) is 0 Å². The lowest BCUT2D eigenvalue weighted by atomic mass is 10.0. The molecule has 120 valence electrons. The molecule has 0 fully saturated rings. The van der Waals surface area contributed by atoms with Gasteiger partial charge >= 0.3 is 0 Å². The summed E-state index contributed by atoms with van der Waals surface area (Å²) in [5.74, 6) is 1.57. The van der Waals surface area contributed by atoms with Gasteiger partial charge in [0.1, 0.15) is 5.75 Å². The SMILES string of the molecule is CCCOc1ccc(C(C)NC(CN(C)C)C(C)C)cc1. The molecule has 3 nitrogen and oxygen atoms in total. The Morgan fingerprint density at radius 3 is 2.19 bits per heavy atom. The Morgan fingerprint density at radius 2 is 1.71 bits per heavy atom. The van der Waals surface area contributed by atoms with Crippen LogP contribution in [0.25, 0.3) is 0 Å². The number of rotatable bonds is 9. The van der Waals surface area contributed by atoms with Crippen LogP contribution in [0.4, 0.5) is 0 Å². The molecule has 0 aliphatic heterocycles. The standard InChI is InChI=1S/C18H32N2O/c1-7-12-21-17-10-8-16(9-11-17)15(4)19-18(14(2)3)13-20(5)6/h8-11,14-15,18-19H,7,12-13H2,1-6H3. The van der Waals surface area contributed by atoms with Crippen LogP contribution in [0.5, 0.6) is 5.75 Å². The summed E-state index contributed by atoms with van der Waals surface area (Å²) in [6.45, 7) is 10.7. The van der Waals surface area contributed by atoms with Crippen molar-refractivity contribution in [2.45, 2.75) is 46.2 Å². The summed E-state index contributed by atoms with van der Waals surface area (Å²) in [5.41, 5.74) is 1.31. The zero-order valence-corrected chi connectivity index (χ0v) is 14.5. The van der Waals surface area contributed by atoms with Gasteiger partial charge in [-0.15, -0.1) is 0 Å². The largest absolute Gasteiger partial charge is 0.494 e. The average molecular weight is 292 g/mol. The van der Waals surface area contributed by atoms with E-state index in [0.717, 1.165) is 25.3 Å². The summed E-state index contributed by atoms with van der Waals surface area (Å²) >= 11 is 0. The molecular weight excluding hydrogens is 260 g/mol. The number of benzene rings is 1. The molecule has 1 N–H and O–H groups in total. The molecule has 2 atom stereocenters. The predicted molar refractivity (Wildman–Crippen MR) is 91.0 cm³/mol. The van der Waals surface area contributed by atoms with Gasteiger partial charge in [0.2, 0.25) is 0 Å². The quantitative estimate of drug-likeness (QED) is 0.751. The minimum absolute atomic E-state index is 0.345. The van der Waals surface area contributed by atoms with Crippen molar-refractivity contribution < 1.29 is 4.74 Å². The second-order valence-corrected chi connectivity index (χ2v) is 6.42. The second kappa shape index (κ2) is 9.06. The molecule has 0 aliphatic carbocycles. The molecule has 1 aromatic carbocycles. The Morgan fingerprint density at radius 1 is 1.10 bits per heavy atom. The molecule has 0 heterocycles. The van der Waals surface area contributed by atoms with Crippen molar-refractivity contribution in [3.63, 3.8) is 0 Å². The van der Waals surface area contributed by atoms with Crippen LogP contribution in [-0.4, -0.2) is 38.2 Å². The Hall–Kier alpha value is -1.06. The van der Waals surface area contributed by atoms with E-state index in [0.29, 0.717) is 18.0 Å². The van der Waals surface area contributed by atoms with E-state index >= 15 is 0 Å². The highest BCUT2D eigenvalue weighted by molar-refractivity contribution is 5.29. The van der Waals surface area contributed by atoms with E-state index in [4.69, 9.17) is 4.74 Å². The maximum Gasteiger partial charge on any atom is 0.119 e. The fourth-order valence-electron chi connectivity index (χ4n) is 2.34. The normalized spacial score (nSPS) is 14.5. The Kier molecular flexibility index (Phi) is 7.76. The number of nitrogens with one attached hydrogen (secondary N) is 1. The number of hydrogen-bond acceptors (Lipinski definition) is 3. The monoisotopic (exact) mass is 292 g/mol. The Labute approximate surface area is 130 Å². The fourth-order valence-corrected chi connectivity index (χ4v) is 2.34. The van der Waals surface area contributed by atoms with E-state index in [-0.39, 0.29) is 0 Å². The van der Waals surface area contributed by atoms with Crippen molar-refractivity contribution in [1.82, 2.24) is 10.2 Å². The van der Waals surface area contributed by atoms with Crippen LogP contribution in [0.1, 0.15) is 45.7 Å². The van der Waals surface area contributed by atoms with Crippen molar-refractivity contribution >= 4 is 0 Å². The molecule has 3 heteroatoms. The lowest BCUT2D eigenvalue weighted by molar-refractivity contribution is 0.273. The van der Waals surface area contributed by atoms with Crippen LogP contribution in [0.2, 0.25) is 0 Å². The van der Waals surface area contributed by atoms with Crippen LogP contribution >= 0.6 is 0 Å². The average Bonchev–Trinajstić information content (AvgIpc) is 2.44. The van der Waals surface area contributed by atoms with E-state index in [9.17, 15) is 0 Å². The topological polar surface area (TPSA) is 24.5 Å². The molecule has 0 saturated heterocycles. The summed E-state index contributed by atoms with van der Waals surface area (Å²) in [5, 5.41) is 3.74. The summed E-state index contributed by atoms with van der Waals surface area (Å²) in [6, 6.07) is 9.30. The molecule has 2 unspecified atom stereocenters. The van der Waals surface area contributed by atoms with Crippen molar-refractivity contribution in [3.8, 4) is 5.75 Å². The number of likely N-dealkylation sites (N-methyl/N-ethyl adjacent to an activating group) is 1. The second-order valence-electron chi connectivity index (χ2n) is 6.42. The van der Waals surface area contributed by atoms with E-state index in [1.807, 2.05) is 0 Å². The molecule has 0 amide bonds. The molecule has 0 aliphatic rings.